The minimum Gasteiger partial charge on any atom is -0.306 e. The Kier molecular flexibility index (Phi) is 4.05. The Morgan fingerprint density at radius 3 is 2.80 bits per heavy atom. The molecule has 1 N–H and O–H groups in total. The maximum atomic E-state index is 4.62. The zero-order valence-corrected chi connectivity index (χ0v) is 13.1. The van der Waals surface area contributed by atoms with E-state index in [0.29, 0.717) is 5.92 Å². The molecule has 0 radical (unpaired) electrons. The van der Waals surface area contributed by atoms with Crippen molar-refractivity contribution in [2.45, 2.75) is 32.9 Å². The standard InChI is InChI=1S/C14H16N4S2/c1-9(2)13-8-19-14(16-13)7-15-6-10-3-4-11-12(5-10)18-20-17-11/h3-5,8-9,15H,6-7H2,1-2H3. The van der Waals surface area contributed by atoms with E-state index in [1.54, 1.807) is 11.3 Å². The lowest BCUT2D eigenvalue weighted by Gasteiger charge is -2.03. The van der Waals surface area contributed by atoms with Gasteiger partial charge in [0.15, 0.2) is 0 Å². The first-order chi connectivity index (χ1) is 9.72. The molecule has 3 aromatic rings. The van der Waals surface area contributed by atoms with Gasteiger partial charge in [-0.25, -0.2) is 4.98 Å². The van der Waals surface area contributed by atoms with Crippen LogP contribution in [0.1, 0.15) is 36.0 Å². The molecule has 0 aliphatic heterocycles. The molecule has 0 saturated heterocycles. The van der Waals surface area contributed by atoms with Crippen molar-refractivity contribution < 1.29 is 0 Å². The summed E-state index contributed by atoms with van der Waals surface area (Å²) < 4.78 is 8.47. The molecule has 0 fully saturated rings. The van der Waals surface area contributed by atoms with Gasteiger partial charge in [0, 0.05) is 18.5 Å². The second kappa shape index (κ2) is 5.95. The maximum absolute atomic E-state index is 4.62. The molecule has 0 aliphatic carbocycles. The third-order valence-electron chi connectivity index (χ3n) is 3.08. The number of benzene rings is 1. The number of aromatic nitrogens is 3. The molecule has 0 bridgehead atoms. The van der Waals surface area contributed by atoms with Gasteiger partial charge in [0.1, 0.15) is 16.0 Å². The Balaban J connectivity index is 1.58. The first-order valence-corrected chi connectivity index (χ1v) is 8.19. The summed E-state index contributed by atoms with van der Waals surface area (Å²) >= 11 is 2.98. The summed E-state index contributed by atoms with van der Waals surface area (Å²) in [5.74, 6) is 0.500. The highest BCUT2D eigenvalue weighted by Crippen LogP contribution is 2.18. The van der Waals surface area contributed by atoms with Crippen LogP contribution in [0.4, 0.5) is 0 Å². The van der Waals surface area contributed by atoms with Crippen LogP contribution in [0.2, 0.25) is 0 Å². The zero-order valence-electron chi connectivity index (χ0n) is 11.5. The van der Waals surface area contributed by atoms with Crippen LogP contribution < -0.4 is 5.32 Å². The summed E-state index contributed by atoms with van der Waals surface area (Å²) in [6.07, 6.45) is 0. The van der Waals surface area contributed by atoms with Crippen LogP contribution in [0.15, 0.2) is 23.6 Å². The smallest absolute Gasteiger partial charge is 0.107 e. The summed E-state index contributed by atoms with van der Waals surface area (Å²) in [4.78, 5) is 4.62. The van der Waals surface area contributed by atoms with Crippen LogP contribution in [0, 0.1) is 0 Å². The normalized spacial score (nSPS) is 11.6. The van der Waals surface area contributed by atoms with E-state index in [0.717, 1.165) is 29.1 Å². The van der Waals surface area contributed by atoms with Crippen molar-refractivity contribution in [2.75, 3.05) is 0 Å². The van der Waals surface area contributed by atoms with Gasteiger partial charge in [-0.2, -0.15) is 8.75 Å². The highest BCUT2D eigenvalue weighted by Gasteiger charge is 2.05. The summed E-state index contributed by atoms with van der Waals surface area (Å²) in [7, 11) is 0. The zero-order chi connectivity index (χ0) is 13.9. The SMILES string of the molecule is CC(C)c1csc(CNCc2ccc3nsnc3c2)n1. The third-order valence-corrected chi connectivity index (χ3v) is 4.51. The molecular formula is C14H16N4S2. The van der Waals surface area contributed by atoms with E-state index in [-0.39, 0.29) is 0 Å². The molecule has 20 heavy (non-hydrogen) atoms. The van der Waals surface area contributed by atoms with E-state index in [9.17, 15) is 0 Å². The van der Waals surface area contributed by atoms with E-state index in [4.69, 9.17) is 0 Å². The van der Waals surface area contributed by atoms with Crippen LogP contribution in [0.3, 0.4) is 0 Å². The number of hydrogen-bond donors (Lipinski definition) is 1. The lowest BCUT2D eigenvalue weighted by atomic mass is 10.2. The number of thiazole rings is 1. The van der Waals surface area contributed by atoms with E-state index in [2.05, 4.69) is 50.4 Å². The topological polar surface area (TPSA) is 50.7 Å². The first kappa shape index (κ1) is 13.6. The summed E-state index contributed by atoms with van der Waals surface area (Å²) in [6.45, 7) is 5.97. The fraction of sp³-hybridized carbons (Fsp3) is 0.357. The van der Waals surface area contributed by atoms with Gasteiger partial charge in [0.25, 0.3) is 0 Å². The number of rotatable bonds is 5. The second-order valence-corrected chi connectivity index (χ2v) is 6.48. The lowest BCUT2D eigenvalue weighted by molar-refractivity contribution is 0.685. The molecule has 104 valence electrons. The number of hydrogen-bond acceptors (Lipinski definition) is 6. The molecule has 2 heterocycles. The molecule has 0 atom stereocenters. The van der Waals surface area contributed by atoms with E-state index in [1.807, 2.05) is 6.07 Å². The number of nitrogens with zero attached hydrogens (tertiary/aromatic N) is 3. The lowest BCUT2D eigenvalue weighted by Crippen LogP contribution is -2.12. The van der Waals surface area contributed by atoms with Gasteiger partial charge in [-0.3, -0.25) is 0 Å². The fourth-order valence-corrected chi connectivity index (χ4v) is 3.37. The van der Waals surface area contributed by atoms with Gasteiger partial charge in [-0.05, 0) is 23.6 Å². The maximum Gasteiger partial charge on any atom is 0.107 e. The van der Waals surface area contributed by atoms with Crippen molar-refractivity contribution in [3.63, 3.8) is 0 Å². The summed E-state index contributed by atoms with van der Waals surface area (Å²) in [6, 6.07) is 6.21. The van der Waals surface area contributed by atoms with Crippen molar-refractivity contribution >= 4 is 34.1 Å². The number of fused-ring (bicyclic) bond motifs is 1. The van der Waals surface area contributed by atoms with Gasteiger partial charge in [0.05, 0.1) is 17.4 Å². The van der Waals surface area contributed by atoms with Gasteiger partial charge < -0.3 is 5.32 Å². The Morgan fingerprint density at radius 1 is 1.15 bits per heavy atom. The quantitative estimate of drug-likeness (QED) is 0.783. The summed E-state index contributed by atoms with van der Waals surface area (Å²) in [5, 5.41) is 6.72. The Labute approximate surface area is 126 Å². The molecule has 3 rings (SSSR count). The Bertz CT molecular complexity index is 702. The van der Waals surface area contributed by atoms with Gasteiger partial charge >= 0.3 is 0 Å². The van der Waals surface area contributed by atoms with Crippen molar-refractivity contribution in [1.29, 1.82) is 0 Å². The predicted octanol–water partition coefficient (Wildman–Crippen LogP) is 3.56. The van der Waals surface area contributed by atoms with E-state index < -0.39 is 0 Å². The molecule has 1 aromatic carbocycles. The predicted molar refractivity (Wildman–Crippen MR) is 84.2 cm³/mol. The van der Waals surface area contributed by atoms with Crippen LogP contribution >= 0.6 is 23.1 Å². The van der Waals surface area contributed by atoms with Gasteiger partial charge in [-0.15, -0.1) is 11.3 Å². The van der Waals surface area contributed by atoms with Crippen molar-refractivity contribution in [3.05, 3.63) is 39.8 Å². The first-order valence-electron chi connectivity index (χ1n) is 6.58. The molecule has 2 aromatic heterocycles. The molecule has 0 amide bonds. The Hall–Kier alpha value is -1.37. The summed E-state index contributed by atoms with van der Waals surface area (Å²) in [5.41, 5.74) is 4.36. The Morgan fingerprint density at radius 2 is 2.00 bits per heavy atom. The monoisotopic (exact) mass is 304 g/mol. The van der Waals surface area contributed by atoms with Crippen LogP contribution in [0.25, 0.3) is 11.0 Å². The minimum atomic E-state index is 0.500. The highest BCUT2D eigenvalue weighted by molar-refractivity contribution is 7.09. The van der Waals surface area contributed by atoms with E-state index >= 15 is 0 Å². The van der Waals surface area contributed by atoms with Crippen molar-refractivity contribution in [2.24, 2.45) is 0 Å². The average Bonchev–Trinajstić information content (AvgIpc) is 3.06. The molecule has 4 nitrogen and oxygen atoms in total. The van der Waals surface area contributed by atoms with Crippen LogP contribution in [0.5, 0.6) is 0 Å². The molecular weight excluding hydrogens is 288 g/mol. The molecule has 6 heteroatoms. The molecule has 0 unspecified atom stereocenters. The third kappa shape index (κ3) is 3.03. The van der Waals surface area contributed by atoms with Crippen molar-refractivity contribution in [1.82, 2.24) is 19.0 Å². The van der Waals surface area contributed by atoms with Gasteiger partial charge in [0.2, 0.25) is 0 Å². The van der Waals surface area contributed by atoms with E-state index in [1.165, 1.54) is 23.0 Å². The molecule has 0 aliphatic rings. The highest BCUT2D eigenvalue weighted by atomic mass is 32.1. The second-order valence-electron chi connectivity index (χ2n) is 5.01. The van der Waals surface area contributed by atoms with Crippen LogP contribution in [-0.2, 0) is 13.1 Å². The average molecular weight is 304 g/mol. The number of nitrogens with one attached hydrogen (secondary N) is 1. The van der Waals surface area contributed by atoms with Gasteiger partial charge in [-0.1, -0.05) is 19.9 Å². The van der Waals surface area contributed by atoms with Crippen molar-refractivity contribution in [3.8, 4) is 0 Å². The molecule has 0 spiro atoms. The van der Waals surface area contributed by atoms with Crippen LogP contribution in [-0.4, -0.2) is 13.7 Å². The minimum absolute atomic E-state index is 0.500. The fourth-order valence-electron chi connectivity index (χ4n) is 1.92. The largest absolute Gasteiger partial charge is 0.306 e. The molecule has 0 saturated carbocycles.